The lowest BCUT2D eigenvalue weighted by molar-refractivity contribution is -0.384. The minimum Gasteiger partial charge on any atom is -0.465 e. The molecule has 2 amide bonds. The molecule has 1 saturated heterocycles. The highest BCUT2D eigenvalue weighted by Crippen LogP contribution is 2.41. The number of carbonyl (C=O) groups is 2. The number of nitro groups is 1. The van der Waals surface area contributed by atoms with Gasteiger partial charge in [0.1, 0.15) is 5.69 Å². The molecule has 9 nitrogen and oxygen atoms in total. The first-order valence-electron chi connectivity index (χ1n) is 11.5. The van der Waals surface area contributed by atoms with Gasteiger partial charge in [-0.3, -0.25) is 14.9 Å². The van der Waals surface area contributed by atoms with Gasteiger partial charge < -0.3 is 20.2 Å². The van der Waals surface area contributed by atoms with Gasteiger partial charge in [0.25, 0.3) is 11.6 Å². The summed E-state index contributed by atoms with van der Waals surface area (Å²) in [6, 6.07) is -0.743. The number of amides is 2. The Labute approximate surface area is 202 Å². The molecule has 0 radical (unpaired) electrons. The number of carbonyl (C=O) groups excluding carboxylic acids is 1. The highest BCUT2D eigenvalue weighted by atomic mass is 19.4. The summed E-state index contributed by atoms with van der Waals surface area (Å²) in [6.07, 6.45) is -5.32. The molecule has 0 spiro atoms. The monoisotopic (exact) mass is 502 g/mol. The average Bonchev–Trinajstić information content (AvgIpc) is 2.71. The highest BCUT2D eigenvalue weighted by molar-refractivity contribution is 5.98. The number of nitrogens with one attached hydrogen (secondary N) is 1. The quantitative estimate of drug-likeness (QED) is 0.395. The van der Waals surface area contributed by atoms with Gasteiger partial charge in [-0.15, -0.1) is 0 Å². The van der Waals surface area contributed by atoms with Crippen LogP contribution in [0.15, 0.2) is 12.1 Å². The third-order valence-electron chi connectivity index (χ3n) is 6.12. The molecule has 1 aliphatic heterocycles. The number of carboxylic acid groups (broad SMARTS) is 1. The van der Waals surface area contributed by atoms with E-state index in [1.165, 1.54) is 9.80 Å². The van der Waals surface area contributed by atoms with Gasteiger partial charge >= 0.3 is 12.3 Å². The van der Waals surface area contributed by atoms with E-state index < -0.39 is 63.5 Å². The van der Waals surface area contributed by atoms with E-state index in [2.05, 4.69) is 5.32 Å². The number of nitrogens with zero attached hydrogens (tertiary/aromatic N) is 3. The molecule has 1 aliphatic rings. The van der Waals surface area contributed by atoms with E-state index in [0.717, 1.165) is 0 Å². The summed E-state index contributed by atoms with van der Waals surface area (Å²) in [7, 11) is 0. The van der Waals surface area contributed by atoms with Crippen LogP contribution in [0.5, 0.6) is 0 Å². The Morgan fingerprint density at radius 3 is 2.31 bits per heavy atom. The summed E-state index contributed by atoms with van der Waals surface area (Å²) in [5.41, 5.74) is -3.73. The molecule has 1 aromatic carbocycles. The Bertz CT molecular complexity index is 975. The van der Waals surface area contributed by atoms with Crippen molar-refractivity contribution < 1.29 is 32.8 Å². The average molecular weight is 503 g/mol. The Balaban J connectivity index is 2.74. The molecular weight excluding hydrogens is 469 g/mol. The summed E-state index contributed by atoms with van der Waals surface area (Å²) in [5.74, 6) is -1.02. The molecule has 1 aromatic rings. The van der Waals surface area contributed by atoms with E-state index in [-0.39, 0.29) is 18.8 Å². The molecule has 0 aromatic heterocycles. The summed E-state index contributed by atoms with van der Waals surface area (Å²) in [6.45, 7) is 10.7. The fraction of sp³-hybridized carbons (Fsp3) is 0.652. The van der Waals surface area contributed by atoms with E-state index in [1.807, 2.05) is 20.8 Å². The van der Waals surface area contributed by atoms with Gasteiger partial charge in [-0.2, -0.15) is 13.2 Å². The van der Waals surface area contributed by atoms with Gasteiger partial charge in [-0.05, 0) is 45.1 Å². The van der Waals surface area contributed by atoms with Crippen molar-refractivity contribution in [3.05, 3.63) is 33.4 Å². The summed E-state index contributed by atoms with van der Waals surface area (Å²) in [5, 5.41) is 24.0. The van der Waals surface area contributed by atoms with Crippen LogP contribution in [0.4, 0.5) is 29.3 Å². The number of benzene rings is 1. The van der Waals surface area contributed by atoms with Crippen LogP contribution in [0, 0.1) is 15.5 Å². The lowest BCUT2D eigenvalue weighted by atomic mass is 9.76. The van der Waals surface area contributed by atoms with Crippen LogP contribution in [-0.2, 0) is 6.18 Å². The minimum atomic E-state index is -4.95. The van der Waals surface area contributed by atoms with Crippen LogP contribution in [0.1, 0.15) is 70.3 Å². The molecule has 12 heteroatoms. The maximum Gasteiger partial charge on any atom is 0.417 e. The number of likely N-dealkylation sites (tertiary alicyclic amines) is 1. The SMILES string of the molecule is CCNc1cc(C(F)(F)F)c(C(=O)N(C(C)C)[C@@H]2CCCN(C(=O)O)C2C(C)(C)C)cc1[N+](=O)[O-]. The largest absolute Gasteiger partial charge is 0.465 e. The first-order chi connectivity index (χ1) is 16.0. The van der Waals surface area contributed by atoms with Crippen LogP contribution < -0.4 is 5.32 Å². The first-order valence-corrected chi connectivity index (χ1v) is 11.5. The summed E-state index contributed by atoms with van der Waals surface area (Å²) >= 11 is 0. The van der Waals surface area contributed by atoms with Crippen molar-refractivity contribution in [2.75, 3.05) is 18.4 Å². The molecule has 0 bridgehead atoms. The number of rotatable bonds is 6. The Morgan fingerprint density at radius 1 is 1.29 bits per heavy atom. The van der Waals surface area contributed by atoms with Gasteiger partial charge in [-0.25, -0.2) is 4.79 Å². The number of hydrogen-bond acceptors (Lipinski definition) is 5. The van der Waals surface area contributed by atoms with Gasteiger partial charge in [0.05, 0.1) is 28.1 Å². The number of anilines is 1. The molecule has 2 N–H and O–H groups in total. The third kappa shape index (κ3) is 5.96. The fourth-order valence-corrected chi connectivity index (χ4v) is 4.92. The number of halogens is 3. The van der Waals surface area contributed by atoms with Gasteiger partial charge in [-0.1, -0.05) is 20.8 Å². The number of alkyl halides is 3. The van der Waals surface area contributed by atoms with E-state index in [4.69, 9.17) is 0 Å². The minimum absolute atomic E-state index is 0.143. The molecule has 2 atom stereocenters. The van der Waals surface area contributed by atoms with Crippen LogP contribution in [0.3, 0.4) is 0 Å². The van der Waals surface area contributed by atoms with Crippen molar-refractivity contribution in [1.29, 1.82) is 0 Å². The summed E-state index contributed by atoms with van der Waals surface area (Å²) in [4.78, 5) is 39.0. The molecule has 1 fully saturated rings. The van der Waals surface area contributed by atoms with Crippen molar-refractivity contribution in [3.8, 4) is 0 Å². The van der Waals surface area contributed by atoms with Crippen LogP contribution in [0.25, 0.3) is 0 Å². The topological polar surface area (TPSA) is 116 Å². The van der Waals surface area contributed by atoms with Crippen molar-refractivity contribution in [1.82, 2.24) is 9.80 Å². The maximum atomic E-state index is 14.0. The fourth-order valence-electron chi connectivity index (χ4n) is 4.92. The Morgan fingerprint density at radius 2 is 1.89 bits per heavy atom. The molecular formula is C23H33F3N4O5. The van der Waals surface area contributed by atoms with E-state index in [1.54, 1.807) is 20.8 Å². The second-order valence-electron chi connectivity index (χ2n) is 10.0. The smallest absolute Gasteiger partial charge is 0.417 e. The summed E-state index contributed by atoms with van der Waals surface area (Å²) < 4.78 is 42.1. The molecule has 35 heavy (non-hydrogen) atoms. The first kappa shape index (κ1) is 28.2. The maximum absolute atomic E-state index is 14.0. The standard InChI is InChI=1S/C23H33F3N4O5/c1-7-27-16-12-15(23(24,25)26)14(11-18(16)30(34)35)20(31)29(13(2)3)17-9-8-10-28(21(32)33)19(17)22(4,5)6/h11-13,17,19,27H,7-10H2,1-6H3,(H,32,33)/t17-,19?/m1/s1. The van der Waals surface area contributed by atoms with Crippen molar-refractivity contribution in [3.63, 3.8) is 0 Å². The normalized spacial score (nSPS) is 19.0. The lowest BCUT2D eigenvalue weighted by Gasteiger charge is -2.51. The van der Waals surface area contributed by atoms with Crippen LogP contribution >= 0.6 is 0 Å². The lowest BCUT2D eigenvalue weighted by Crippen LogP contribution is -2.63. The number of piperidine rings is 1. The zero-order valence-corrected chi connectivity index (χ0v) is 20.8. The van der Waals surface area contributed by atoms with E-state index in [9.17, 15) is 38.0 Å². The predicted octanol–water partition coefficient (Wildman–Crippen LogP) is 5.45. The molecule has 1 unspecified atom stereocenters. The molecule has 2 rings (SSSR count). The Hall–Kier alpha value is -3.05. The van der Waals surface area contributed by atoms with Crippen LogP contribution in [0.2, 0.25) is 0 Å². The van der Waals surface area contributed by atoms with E-state index in [0.29, 0.717) is 25.0 Å². The molecule has 196 valence electrons. The van der Waals surface area contributed by atoms with Crippen molar-refractivity contribution >= 4 is 23.4 Å². The Kier molecular flexibility index (Phi) is 8.29. The third-order valence-corrected chi connectivity index (χ3v) is 6.12. The van der Waals surface area contributed by atoms with Gasteiger partial charge in [0, 0.05) is 25.2 Å². The van der Waals surface area contributed by atoms with Gasteiger partial charge in [0.2, 0.25) is 0 Å². The predicted molar refractivity (Wildman–Crippen MR) is 125 cm³/mol. The van der Waals surface area contributed by atoms with E-state index >= 15 is 0 Å². The molecule has 0 saturated carbocycles. The highest BCUT2D eigenvalue weighted by Gasteiger charge is 2.47. The van der Waals surface area contributed by atoms with Crippen molar-refractivity contribution in [2.45, 2.75) is 78.7 Å². The van der Waals surface area contributed by atoms with Gasteiger partial charge in [0.15, 0.2) is 0 Å². The number of nitro benzene ring substituents is 1. The molecule has 1 heterocycles. The zero-order chi connectivity index (χ0) is 26.9. The zero-order valence-electron chi connectivity index (χ0n) is 20.8. The van der Waals surface area contributed by atoms with Crippen LogP contribution in [-0.4, -0.2) is 63.0 Å². The molecule has 0 aliphatic carbocycles. The second kappa shape index (κ2) is 10.3. The number of hydrogen-bond donors (Lipinski definition) is 2. The van der Waals surface area contributed by atoms with Crippen molar-refractivity contribution in [2.24, 2.45) is 5.41 Å². The second-order valence-corrected chi connectivity index (χ2v) is 10.0.